The summed E-state index contributed by atoms with van der Waals surface area (Å²) in [5, 5.41) is 0. The molecule has 5 heteroatoms. The summed E-state index contributed by atoms with van der Waals surface area (Å²) in [6.07, 6.45) is 0. The normalized spacial score (nSPS) is 12.5. The lowest BCUT2D eigenvalue weighted by Gasteiger charge is -2.23. The molecule has 0 aliphatic carbocycles. The summed E-state index contributed by atoms with van der Waals surface area (Å²) >= 11 is 0. The molecule has 1 aromatic carbocycles. The van der Waals surface area contributed by atoms with Gasteiger partial charge in [0.15, 0.2) is 0 Å². The lowest BCUT2D eigenvalue weighted by molar-refractivity contribution is 0.120. The molecule has 0 fully saturated rings. The lowest BCUT2D eigenvalue weighted by Crippen LogP contribution is -2.31. The van der Waals surface area contributed by atoms with Gasteiger partial charge in [-0.05, 0) is 32.2 Å². The van der Waals surface area contributed by atoms with Crippen LogP contribution in [0.3, 0.4) is 0 Å². The minimum Gasteiger partial charge on any atom is -0.497 e. The van der Waals surface area contributed by atoms with E-state index in [1.54, 1.807) is 14.2 Å². The standard InChI is InChI=1S/C15H26N2O3/c1-5-20-9-8-17(2)11-14(16)13-10-12(18-3)6-7-15(13)19-4/h6-7,10,14H,5,8-9,11,16H2,1-4H3. The van der Waals surface area contributed by atoms with Gasteiger partial charge in [0.05, 0.1) is 20.8 Å². The van der Waals surface area contributed by atoms with Crippen molar-refractivity contribution in [2.24, 2.45) is 5.73 Å². The van der Waals surface area contributed by atoms with E-state index in [9.17, 15) is 0 Å². The SMILES string of the molecule is CCOCCN(C)CC(N)c1cc(OC)ccc1OC. The Hall–Kier alpha value is -1.30. The van der Waals surface area contributed by atoms with E-state index in [0.29, 0.717) is 0 Å². The molecule has 0 saturated carbocycles. The molecule has 1 rings (SSSR count). The Morgan fingerprint density at radius 2 is 2.00 bits per heavy atom. The third-order valence-corrected chi connectivity index (χ3v) is 3.17. The molecule has 1 aromatic rings. The Kier molecular flexibility index (Phi) is 7.36. The van der Waals surface area contributed by atoms with Crippen LogP contribution in [-0.4, -0.2) is 52.5 Å². The van der Waals surface area contributed by atoms with Gasteiger partial charge in [-0.1, -0.05) is 0 Å². The largest absolute Gasteiger partial charge is 0.497 e. The first-order valence-electron chi connectivity index (χ1n) is 6.86. The van der Waals surface area contributed by atoms with Crippen LogP contribution in [0.2, 0.25) is 0 Å². The second-order valence-electron chi connectivity index (χ2n) is 4.67. The molecular weight excluding hydrogens is 256 g/mol. The van der Waals surface area contributed by atoms with E-state index in [0.717, 1.165) is 43.4 Å². The van der Waals surface area contributed by atoms with Crippen molar-refractivity contribution in [3.05, 3.63) is 23.8 Å². The van der Waals surface area contributed by atoms with Crippen LogP contribution in [0.1, 0.15) is 18.5 Å². The Bertz CT molecular complexity index is 399. The number of benzene rings is 1. The van der Waals surface area contributed by atoms with Gasteiger partial charge in [-0.2, -0.15) is 0 Å². The number of methoxy groups -OCH3 is 2. The van der Waals surface area contributed by atoms with Crippen molar-refractivity contribution in [2.75, 3.05) is 47.6 Å². The zero-order chi connectivity index (χ0) is 15.0. The van der Waals surface area contributed by atoms with Crippen LogP contribution < -0.4 is 15.2 Å². The number of nitrogens with two attached hydrogens (primary N) is 1. The minimum absolute atomic E-state index is 0.133. The molecule has 2 N–H and O–H groups in total. The molecular formula is C15H26N2O3. The molecule has 0 saturated heterocycles. The first kappa shape index (κ1) is 16.8. The van der Waals surface area contributed by atoms with E-state index in [4.69, 9.17) is 19.9 Å². The highest BCUT2D eigenvalue weighted by molar-refractivity contribution is 5.42. The molecule has 1 unspecified atom stereocenters. The molecule has 20 heavy (non-hydrogen) atoms. The van der Waals surface area contributed by atoms with Crippen molar-refractivity contribution in [3.63, 3.8) is 0 Å². The maximum Gasteiger partial charge on any atom is 0.123 e. The minimum atomic E-state index is -0.133. The number of rotatable bonds is 9. The number of ether oxygens (including phenoxy) is 3. The van der Waals surface area contributed by atoms with Gasteiger partial charge in [-0.25, -0.2) is 0 Å². The number of hydrogen-bond donors (Lipinski definition) is 1. The molecule has 0 heterocycles. The Morgan fingerprint density at radius 1 is 1.25 bits per heavy atom. The number of likely N-dealkylation sites (N-methyl/N-ethyl adjacent to an activating group) is 1. The fourth-order valence-electron chi connectivity index (χ4n) is 2.02. The highest BCUT2D eigenvalue weighted by Gasteiger charge is 2.15. The van der Waals surface area contributed by atoms with Crippen LogP contribution in [-0.2, 0) is 4.74 Å². The summed E-state index contributed by atoms with van der Waals surface area (Å²) in [5.74, 6) is 1.57. The summed E-state index contributed by atoms with van der Waals surface area (Å²) in [7, 11) is 5.33. The highest BCUT2D eigenvalue weighted by atomic mass is 16.5. The molecule has 0 bridgehead atoms. The van der Waals surface area contributed by atoms with Crippen LogP contribution >= 0.6 is 0 Å². The number of nitrogens with zero attached hydrogens (tertiary/aromatic N) is 1. The van der Waals surface area contributed by atoms with Gasteiger partial charge in [0, 0.05) is 31.3 Å². The molecule has 0 amide bonds. The quantitative estimate of drug-likeness (QED) is 0.698. The van der Waals surface area contributed by atoms with Gasteiger partial charge in [-0.3, -0.25) is 0 Å². The van der Waals surface area contributed by atoms with E-state index in [-0.39, 0.29) is 6.04 Å². The molecule has 114 valence electrons. The molecule has 0 radical (unpaired) electrons. The van der Waals surface area contributed by atoms with Crippen molar-refractivity contribution in [1.82, 2.24) is 4.90 Å². The summed E-state index contributed by atoms with van der Waals surface area (Å²) < 4.78 is 16.0. The van der Waals surface area contributed by atoms with E-state index in [1.165, 1.54) is 0 Å². The summed E-state index contributed by atoms with van der Waals surface area (Å²) in [4.78, 5) is 2.15. The summed E-state index contributed by atoms with van der Waals surface area (Å²) in [6, 6.07) is 5.55. The van der Waals surface area contributed by atoms with Gasteiger partial charge in [0.25, 0.3) is 0 Å². The van der Waals surface area contributed by atoms with Crippen molar-refractivity contribution < 1.29 is 14.2 Å². The molecule has 1 atom stereocenters. The first-order valence-corrected chi connectivity index (χ1v) is 6.86. The third kappa shape index (κ3) is 5.00. The Balaban J connectivity index is 2.67. The van der Waals surface area contributed by atoms with Gasteiger partial charge in [0.1, 0.15) is 11.5 Å². The van der Waals surface area contributed by atoms with Crippen LogP contribution in [0, 0.1) is 0 Å². The molecule has 5 nitrogen and oxygen atoms in total. The van der Waals surface area contributed by atoms with Crippen molar-refractivity contribution in [1.29, 1.82) is 0 Å². The predicted octanol–water partition coefficient (Wildman–Crippen LogP) is 1.67. The van der Waals surface area contributed by atoms with Crippen LogP contribution in [0.4, 0.5) is 0 Å². The fraction of sp³-hybridized carbons (Fsp3) is 0.600. The third-order valence-electron chi connectivity index (χ3n) is 3.17. The van der Waals surface area contributed by atoms with Crippen molar-refractivity contribution in [3.8, 4) is 11.5 Å². The summed E-state index contributed by atoms with van der Waals surface area (Å²) in [5.41, 5.74) is 7.24. The zero-order valence-electron chi connectivity index (χ0n) is 12.9. The molecule has 0 aliphatic heterocycles. The van der Waals surface area contributed by atoms with Gasteiger partial charge in [-0.15, -0.1) is 0 Å². The lowest BCUT2D eigenvalue weighted by atomic mass is 10.1. The fourth-order valence-corrected chi connectivity index (χ4v) is 2.02. The summed E-state index contributed by atoms with van der Waals surface area (Å²) in [6.45, 7) is 5.04. The predicted molar refractivity (Wildman–Crippen MR) is 80.5 cm³/mol. The van der Waals surface area contributed by atoms with Crippen LogP contribution in [0.5, 0.6) is 11.5 Å². The Morgan fingerprint density at radius 3 is 2.60 bits per heavy atom. The average molecular weight is 282 g/mol. The van der Waals surface area contributed by atoms with E-state index < -0.39 is 0 Å². The molecule has 0 spiro atoms. The van der Waals surface area contributed by atoms with E-state index in [2.05, 4.69) is 4.90 Å². The van der Waals surface area contributed by atoms with E-state index in [1.807, 2.05) is 32.2 Å². The first-order chi connectivity index (χ1) is 9.62. The monoisotopic (exact) mass is 282 g/mol. The average Bonchev–Trinajstić information content (AvgIpc) is 2.46. The second-order valence-corrected chi connectivity index (χ2v) is 4.67. The Labute approximate surface area is 121 Å². The number of hydrogen-bond acceptors (Lipinski definition) is 5. The maximum absolute atomic E-state index is 6.28. The van der Waals surface area contributed by atoms with E-state index >= 15 is 0 Å². The molecule has 0 aliphatic rings. The van der Waals surface area contributed by atoms with Crippen molar-refractivity contribution in [2.45, 2.75) is 13.0 Å². The van der Waals surface area contributed by atoms with Gasteiger partial charge >= 0.3 is 0 Å². The molecule has 0 aromatic heterocycles. The second kappa shape index (κ2) is 8.79. The van der Waals surface area contributed by atoms with Gasteiger partial charge < -0.3 is 24.8 Å². The van der Waals surface area contributed by atoms with Crippen LogP contribution in [0.15, 0.2) is 18.2 Å². The maximum atomic E-state index is 6.28. The van der Waals surface area contributed by atoms with Gasteiger partial charge in [0.2, 0.25) is 0 Å². The van der Waals surface area contributed by atoms with Crippen LogP contribution in [0.25, 0.3) is 0 Å². The zero-order valence-corrected chi connectivity index (χ0v) is 12.9. The smallest absolute Gasteiger partial charge is 0.123 e. The van der Waals surface area contributed by atoms with Crippen molar-refractivity contribution >= 4 is 0 Å². The topological polar surface area (TPSA) is 57.0 Å². The highest BCUT2D eigenvalue weighted by Crippen LogP contribution is 2.28.